The van der Waals surface area contributed by atoms with Crippen LogP contribution in [0.15, 0.2) is 59.8 Å². The van der Waals surface area contributed by atoms with Gasteiger partial charge in [-0.25, -0.2) is 13.6 Å². The van der Waals surface area contributed by atoms with Crippen molar-refractivity contribution in [2.24, 2.45) is 10.9 Å². The minimum absolute atomic E-state index is 0.0746. The first-order valence-corrected chi connectivity index (χ1v) is 8.40. The van der Waals surface area contributed by atoms with Crippen LogP contribution in [0.2, 0.25) is 0 Å². The van der Waals surface area contributed by atoms with E-state index in [0.717, 1.165) is 0 Å². The zero-order valence-electron chi connectivity index (χ0n) is 12.4. The lowest BCUT2D eigenvalue weighted by Gasteiger charge is -2.13. The molecular formula is C15H14N6O2S. The third-order valence-corrected chi connectivity index (χ3v) is 4.36. The maximum absolute atomic E-state index is 11.8. The first-order chi connectivity index (χ1) is 11.4. The Morgan fingerprint density at radius 3 is 2.38 bits per heavy atom. The number of sulfonamides is 1. The van der Waals surface area contributed by atoms with Crippen molar-refractivity contribution in [1.29, 1.82) is 5.41 Å². The first-order valence-electron chi connectivity index (χ1n) is 6.85. The highest BCUT2D eigenvalue weighted by atomic mass is 32.2. The molecule has 2 aromatic carbocycles. The number of rotatable bonds is 4. The van der Waals surface area contributed by atoms with Crippen LogP contribution in [0, 0.1) is 5.41 Å². The molecule has 0 bridgehead atoms. The monoisotopic (exact) mass is 342 g/mol. The van der Waals surface area contributed by atoms with Crippen LogP contribution in [0.5, 0.6) is 0 Å². The van der Waals surface area contributed by atoms with Gasteiger partial charge in [-0.05, 0) is 29.3 Å². The predicted octanol–water partition coefficient (Wildman–Crippen LogP) is 0.866. The predicted molar refractivity (Wildman–Crippen MR) is 89.2 cm³/mol. The van der Waals surface area contributed by atoms with Crippen LogP contribution < -0.4 is 10.9 Å². The molecule has 0 aliphatic carbocycles. The van der Waals surface area contributed by atoms with Gasteiger partial charge in [0, 0.05) is 5.56 Å². The topological polar surface area (TPSA) is 141 Å². The summed E-state index contributed by atoms with van der Waals surface area (Å²) in [7, 11) is -4.01. The molecule has 0 spiro atoms. The van der Waals surface area contributed by atoms with Crippen LogP contribution in [-0.4, -0.2) is 29.2 Å². The Kier molecular flexibility index (Phi) is 3.87. The number of hydrogen-bond acceptors (Lipinski definition) is 5. The van der Waals surface area contributed by atoms with Gasteiger partial charge in [0.05, 0.1) is 23.0 Å². The van der Waals surface area contributed by atoms with Crippen molar-refractivity contribution in [3.8, 4) is 16.8 Å². The normalized spacial score (nSPS) is 11.4. The zero-order chi connectivity index (χ0) is 17.3. The summed E-state index contributed by atoms with van der Waals surface area (Å²) in [5.41, 5.74) is 7.53. The summed E-state index contributed by atoms with van der Waals surface area (Å²) in [5.74, 6) is -0.378. The molecule has 8 nitrogen and oxygen atoms in total. The molecule has 0 fully saturated rings. The number of nitrogen functional groups attached to an aromatic ring is 1. The van der Waals surface area contributed by atoms with E-state index in [0.29, 0.717) is 16.8 Å². The van der Waals surface area contributed by atoms with Crippen molar-refractivity contribution in [2.45, 2.75) is 4.90 Å². The average Bonchev–Trinajstić information content (AvgIpc) is 3.08. The summed E-state index contributed by atoms with van der Waals surface area (Å²) in [5, 5.41) is 21.1. The molecule has 5 N–H and O–H groups in total. The number of amidine groups is 1. The Morgan fingerprint density at radius 2 is 1.75 bits per heavy atom. The summed E-state index contributed by atoms with van der Waals surface area (Å²) in [6, 6.07) is 11.7. The molecule has 3 aromatic rings. The number of nitrogens with two attached hydrogens (primary N) is 2. The van der Waals surface area contributed by atoms with Crippen molar-refractivity contribution in [2.75, 3.05) is 0 Å². The second kappa shape index (κ2) is 5.87. The fourth-order valence-corrected chi connectivity index (χ4v) is 3.21. The van der Waals surface area contributed by atoms with E-state index < -0.39 is 10.0 Å². The van der Waals surface area contributed by atoms with Crippen molar-refractivity contribution in [3.05, 3.63) is 60.4 Å². The van der Waals surface area contributed by atoms with Gasteiger partial charge in [0.1, 0.15) is 5.84 Å². The molecule has 0 saturated heterocycles. The SMILES string of the molecule is N=C(N)c1c(-c2cccc(-n3nccn3)c2)cccc1S(N)(=O)=O. The van der Waals surface area contributed by atoms with Gasteiger partial charge in [-0.2, -0.15) is 15.0 Å². The van der Waals surface area contributed by atoms with Crippen LogP contribution in [0.4, 0.5) is 0 Å². The van der Waals surface area contributed by atoms with E-state index in [1.54, 1.807) is 48.8 Å². The summed E-state index contributed by atoms with van der Waals surface area (Å²) >= 11 is 0. The highest BCUT2D eigenvalue weighted by Crippen LogP contribution is 2.29. The Bertz CT molecular complexity index is 1010. The van der Waals surface area contributed by atoms with E-state index in [9.17, 15) is 8.42 Å². The number of aromatic nitrogens is 3. The van der Waals surface area contributed by atoms with E-state index in [-0.39, 0.29) is 16.3 Å². The minimum Gasteiger partial charge on any atom is -0.384 e. The molecule has 24 heavy (non-hydrogen) atoms. The molecule has 3 rings (SSSR count). The van der Waals surface area contributed by atoms with Gasteiger partial charge in [0.25, 0.3) is 0 Å². The third-order valence-electron chi connectivity index (χ3n) is 3.41. The second-order valence-electron chi connectivity index (χ2n) is 5.01. The summed E-state index contributed by atoms with van der Waals surface area (Å²) in [4.78, 5) is 1.25. The smallest absolute Gasteiger partial charge is 0.238 e. The molecule has 0 unspecified atom stereocenters. The van der Waals surface area contributed by atoms with Crippen LogP contribution in [0.25, 0.3) is 16.8 Å². The molecule has 0 atom stereocenters. The third kappa shape index (κ3) is 2.90. The lowest BCUT2D eigenvalue weighted by molar-refractivity contribution is 0.597. The molecule has 122 valence electrons. The van der Waals surface area contributed by atoms with Gasteiger partial charge in [0.15, 0.2) is 0 Å². The number of hydrogen-bond donors (Lipinski definition) is 3. The Morgan fingerprint density at radius 1 is 1.08 bits per heavy atom. The Labute approximate surface area is 138 Å². The molecular weight excluding hydrogens is 328 g/mol. The molecule has 9 heteroatoms. The average molecular weight is 342 g/mol. The number of nitrogens with one attached hydrogen (secondary N) is 1. The Balaban J connectivity index is 2.24. The molecule has 0 amide bonds. The summed E-state index contributed by atoms with van der Waals surface area (Å²) in [6.45, 7) is 0. The van der Waals surface area contributed by atoms with Gasteiger partial charge < -0.3 is 5.73 Å². The highest BCUT2D eigenvalue weighted by Gasteiger charge is 2.20. The molecule has 0 aliphatic heterocycles. The van der Waals surface area contributed by atoms with Crippen molar-refractivity contribution >= 4 is 15.9 Å². The van der Waals surface area contributed by atoms with Gasteiger partial charge in [0.2, 0.25) is 10.0 Å². The lowest BCUT2D eigenvalue weighted by atomic mass is 9.98. The Hall–Kier alpha value is -3.04. The van der Waals surface area contributed by atoms with Crippen LogP contribution >= 0.6 is 0 Å². The van der Waals surface area contributed by atoms with E-state index in [1.165, 1.54) is 10.9 Å². The number of benzene rings is 2. The fraction of sp³-hybridized carbons (Fsp3) is 0. The number of primary sulfonamides is 1. The van der Waals surface area contributed by atoms with Gasteiger partial charge in [-0.3, -0.25) is 5.41 Å². The summed E-state index contributed by atoms with van der Waals surface area (Å²) in [6.07, 6.45) is 3.10. The quantitative estimate of drug-likeness (QED) is 0.476. The zero-order valence-corrected chi connectivity index (χ0v) is 13.2. The largest absolute Gasteiger partial charge is 0.384 e. The van der Waals surface area contributed by atoms with Crippen LogP contribution in [0.3, 0.4) is 0 Å². The van der Waals surface area contributed by atoms with E-state index >= 15 is 0 Å². The minimum atomic E-state index is -4.01. The maximum Gasteiger partial charge on any atom is 0.238 e. The molecule has 0 saturated carbocycles. The van der Waals surface area contributed by atoms with Crippen molar-refractivity contribution in [1.82, 2.24) is 15.0 Å². The molecule has 1 heterocycles. The highest BCUT2D eigenvalue weighted by molar-refractivity contribution is 7.89. The maximum atomic E-state index is 11.8. The van der Waals surface area contributed by atoms with Crippen LogP contribution in [0.1, 0.15) is 5.56 Å². The van der Waals surface area contributed by atoms with Crippen molar-refractivity contribution < 1.29 is 8.42 Å². The lowest BCUT2D eigenvalue weighted by Crippen LogP contribution is -2.21. The summed E-state index contributed by atoms with van der Waals surface area (Å²) < 4.78 is 23.6. The molecule has 1 aromatic heterocycles. The van der Waals surface area contributed by atoms with Gasteiger partial charge in [-0.1, -0.05) is 24.3 Å². The molecule has 0 radical (unpaired) electrons. The second-order valence-corrected chi connectivity index (χ2v) is 6.54. The van der Waals surface area contributed by atoms with E-state index in [1.807, 2.05) is 0 Å². The van der Waals surface area contributed by atoms with Gasteiger partial charge >= 0.3 is 0 Å². The van der Waals surface area contributed by atoms with Gasteiger partial charge in [-0.15, -0.1) is 0 Å². The number of nitrogens with zero attached hydrogens (tertiary/aromatic N) is 3. The van der Waals surface area contributed by atoms with Crippen LogP contribution in [-0.2, 0) is 10.0 Å². The van der Waals surface area contributed by atoms with E-state index in [4.69, 9.17) is 16.3 Å². The fourth-order valence-electron chi connectivity index (χ4n) is 2.43. The standard InChI is InChI=1S/C15H14N6O2S/c16-15(17)14-12(5-2-6-13(14)24(18,22)23)10-3-1-4-11(9-10)21-19-7-8-20-21/h1-9H,(H3,16,17)(H2,18,22,23). The molecule has 0 aliphatic rings. The van der Waals surface area contributed by atoms with Crippen molar-refractivity contribution in [3.63, 3.8) is 0 Å². The first kappa shape index (κ1) is 15.8. The van der Waals surface area contributed by atoms with E-state index in [2.05, 4.69) is 10.2 Å².